The molecule has 1 saturated heterocycles. The van der Waals surface area contributed by atoms with E-state index in [1.165, 1.54) is 16.0 Å². The minimum Gasteiger partial charge on any atom is -0.492 e. The maximum Gasteiger partial charge on any atom is 0.407 e. The van der Waals surface area contributed by atoms with E-state index in [9.17, 15) is 4.79 Å². The fraction of sp³-hybridized carbons (Fsp3) is 0.533. The van der Waals surface area contributed by atoms with E-state index in [0.29, 0.717) is 19.7 Å². The number of nitrogens with zero attached hydrogens (tertiary/aromatic N) is 2. The zero-order valence-electron chi connectivity index (χ0n) is 12.0. The smallest absolute Gasteiger partial charge is 0.407 e. The number of hydrogen-bond donors (Lipinski definition) is 2. The summed E-state index contributed by atoms with van der Waals surface area (Å²) in [7, 11) is 0. The third kappa shape index (κ3) is 3.11. The zero-order chi connectivity index (χ0) is 14.8. The van der Waals surface area contributed by atoms with Crippen LogP contribution in [-0.4, -0.2) is 59.8 Å². The fourth-order valence-electron chi connectivity index (χ4n) is 2.98. The molecule has 0 spiro atoms. The predicted molar refractivity (Wildman–Crippen MR) is 78.5 cm³/mol. The van der Waals surface area contributed by atoms with Crippen molar-refractivity contribution in [1.82, 2.24) is 9.80 Å². The van der Waals surface area contributed by atoms with Crippen molar-refractivity contribution >= 4 is 6.09 Å². The minimum atomic E-state index is -0.828. The fourth-order valence-corrected chi connectivity index (χ4v) is 2.98. The molecule has 0 aliphatic carbocycles. The van der Waals surface area contributed by atoms with E-state index in [2.05, 4.69) is 11.0 Å². The molecule has 3 N–H and O–H groups in total. The van der Waals surface area contributed by atoms with Gasteiger partial charge in [0.1, 0.15) is 12.4 Å². The lowest BCUT2D eigenvalue weighted by Gasteiger charge is -2.34. The van der Waals surface area contributed by atoms with Crippen molar-refractivity contribution in [3.05, 3.63) is 29.3 Å². The summed E-state index contributed by atoms with van der Waals surface area (Å²) in [5, 5.41) is 8.98. The van der Waals surface area contributed by atoms with Gasteiger partial charge in [-0.05, 0) is 18.1 Å². The van der Waals surface area contributed by atoms with Gasteiger partial charge in [-0.3, -0.25) is 4.90 Å². The van der Waals surface area contributed by atoms with Crippen LogP contribution in [0.4, 0.5) is 4.79 Å². The molecule has 2 aliphatic rings. The summed E-state index contributed by atoms with van der Waals surface area (Å²) >= 11 is 0. The molecule has 1 atom stereocenters. The van der Waals surface area contributed by atoms with E-state index in [1.54, 1.807) is 0 Å². The van der Waals surface area contributed by atoms with Gasteiger partial charge < -0.3 is 20.5 Å². The van der Waals surface area contributed by atoms with Crippen LogP contribution in [0, 0.1) is 0 Å². The molecule has 1 aromatic rings. The van der Waals surface area contributed by atoms with Gasteiger partial charge in [0.05, 0.1) is 0 Å². The number of ether oxygens (including phenoxy) is 1. The number of piperazine rings is 1. The molecule has 3 rings (SSSR count). The summed E-state index contributed by atoms with van der Waals surface area (Å²) in [6.45, 7) is 4.08. The zero-order valence-corrected chi connectivity index (χ0v) is 12.0. The molecule has 1 amide bonds. The largest absolute Gasteiger partial charge is 0.492 e. The van der Waals surface area contributed by atoms with Gasteiger partial charge in [0.2, 0.25) is 0 Å². The maximum atomic E-state index is 10.9. The van der Waals surface area contributed by atoms with Gasteiger partial charge in [-0.15, -0.1) is 0 Å². The van der Waals surface area contributed by atoms with E-state index in [1.807, 2.05) is 12.1 Å². The molecule has 0 radical (unpaired) electrons. The summed E-state index contributed by atoms with van der Waals surface area (Å²) in [4.78, 5) is 14.7. The topological polar surface area (TPSA) is 79.0 Å². The minimum absolute atomic E-state index is 0.0579. The highest BCUT2D eigenvalue weighted by Crippen LogP contribution is 2.28. The molecule has 1 fully saturated rings. The van der Waals surface area contributed by atoms with Gasteiger partial charge in [0, 0.05) is 44.3 Å². The van der Waals surface area contributed by atoms with E-state index < -0.39 is 6.09 Å². The average molecular weight is 291 g/mol. The first-order chi connectivity index (χ1) is 10.1. The number of carbonyl (C=O) groups is 1. The van der Waals surface area contributed by atoms with Crippen molar-refractivity contribution in [3.63, 3.8) is 0 Å². The van der Waals surface area contributed by atoms with E-state index >= 15 is 0 Å². The summed E-state index contributed by atoms with van der Waals surface area (Å²) in [5.41, 5.74) is 8.44. The van der Waals surface area contributed by atoms with Crippen LogP contribution in [0.15, 0.2) is 18.2 Å². The first-order valence-electron chi connectivity index (χ1n) is 7.33. The Hall–Kier alpha value is -1.79. The standard InChI is InChI=1S/C15H21N3O3/c16-12-8-13-11(2-1-3-14(13)21-10-12)9-17-4-6-18(7-5-17)15(19)20/h1-3,12H,4-10,16H2,(H,19,20)/t12-/m0/s1. The SMILES string of the molecule is N[C@@H]1COc2cccc(CN3CCN(C(=O)O)CC3)c2C1. The highest BCUT2D eigenvalue weighted by atomic mass is 16.5. The van der Waals surface area contributed by atoms with E-state index in [4.69, 9.17) is 15.6 Å². The molecule has 0 bridgehead atoms. The Labute approximate surface area is 124 Å². The van der Waals surface area contributed by atoms with Crippen LogP contribution in [-0.2, 0) is 13.0 Å². The number of amides is 1. The molecular weight excluding hydrogens is 270 g/mol. The predicted octanol–water partition coefficient (Wildman–Crippen LogP) is 0.744. The summed E-state index contributed by atoms with van der Waals surface area (Å²) < 4.78 is 5.68. The Morgan fingerprint density at radius 3 is 2.81 bits per heavy atom. The molecule has 21 heavy (non-hydrogen) atoms. The third-order valence-corrected chi connectivity index (χ3v) is 4.19. The van der Waals surface area contributed by atoms with Crippen LogP contribution in [0.2, 0.25) is 0 Å². The Morgan fingerprint density at radius 1 is 1.33 bits per heavy atom. The molecule has 0 unspecified atom stereocenters. The molecule has 2 aliphatic heterocycles. The van der Waals surface area contributed by atoms with Crippen LogP contribution < -0.4 is 10.5 Å². The van der Waals surface area contributed by atoms with E-state index in [0.717, 1.165) is 31.8 Å². The summed E-state index contributed by atoms with van der Waals surface area (Å²) in [6.07, 6.45) is 0.0201. The van der Waals surface area contributed by atoms with Crippen LogP contribution in [0.1, 0.15) is 11.1 Å². The highest BCUT2D eigenvalue weighted by molar-refractivity contribution is 5.65. The van der Waals surface area contributed by atoms with Crippen LogP contribution in [0.5, 0.6) is 5.75 Å². The molecular formula is C15H21N3O3. The monoisotopic (exact) mass is 291 g/mol. The molecule has 2 heterocycles. The lowest BCUT2D eigenvalue weighted by Crippen LogP contribution is -2.48. The number of nitrogens with two attached hydrogens (primary N) is 1. The van der Waals surface area contributed by atoms with Gasteiger partial charge in [0.15, 0.2) is 0 Å². The molecule has 1 aromatic carbocycles. The first kappa shape index (κ1) is 14.2. The van der Waals surface area contributed by atoms with Gasteiger partial charge in [-0.1, -0.05) is 12.1 Å². The summed E-state index contributed by atoms with van der Waals surface area (Å²) in [6, 6.07) is 6.18. The van der Waals surface area contributed by atoms with E-state index in [-0.39, 0.29) is 6.04 Å². The van der Waals surface area contributed by atoms with Crippen LogP contribution in [0.3, 0.4) is 0 Å². The first-order valence-corrected chi connectivity index (χ1v) is 7.33. The van der Waals surface area contributed by atoms with Gasteiger partial charge in [-0.25, -0.2) is 4.79 Å². The van der Waals surface area contributed by atoms with Gasteiger partial charge in [0.25, 0.3) is 0 Å². The van der Waals surface area contributed by atoms with Crippen LogP contribution >= 0.6 is 0 Å². The second-order valence-corrected chi connectivity index (χ2v) is 5.71. The van der Waals surface area contributed by atoms with Gasteiger partial charge in [-0.2, -0.15) is 0 Å². The highest BCUT2D eigenvalue weighted by Gasteiger charge is 2.23. The molecule has 0 saturated carbocycles. The van der Waals surface area contributed by atoms with Crippen molar-refractivity contribution < 1.29 is 14.6 Å². The normalized spacial score (nSPS) is 22.5. The molecule has 6 nitrogen and oxygen atoms in total. The van der Waals surface area contributed by atoms with Crippen molar-refractivity contribution in [1.29, 1.82) is 0 Å². The Bertz CT molecular complexity index is 527. The lowest BCUT2D eigenvalue weighted by atomic mass is 9.97. The number of benzene rings is 1. The number of carboxylic acid groups (broad SMARTS) is 1. The quantitative estimate of drug-likeness (QED) is 0.840. The Balaban J connectivity index is 1.68. The number of rotatable bonds is 2. The average Bonchev–Trinajstić information content (AvgIpc) is 2.48. The molecule has 6 heteroatoms. The molecule has 114 valence electrons. The van der Waals surface area contributed by atoms with Crippen molar-refractivity contribution in [2.45, 2.75) is 19.0 Å². The number of hydrogen-bond acceptors (Lipinski definition) is 4. The lowest BCUT2D eigenvalue weighted by molar-refractivity contribution is 0.102. The van der Waals surface area contributed by atoms with Gasteiger partial charge >= 0.3 is 6.09 Å². The van der Waals surface area contributed by atoms with Crippen molar-refractivity contribution in [2.75, 3.05) is 32.8 Å². The Kier molecular flexibility index (Phi) is 3.98. The third-order valence-electron chi connectivity index (χ3n) is 4.19. The second kappa shape index (κ2) is 5.91. The van der Waals surface area contributed by atoms with Crippen molar-refractivity contribution in [2.24, 2.45) is 5.73 Å². The molecule has 0 aromatic heterocycles. The maximum absolute atomic E-state index is 10.9. The number of fused-ring (bicyclic) bond motifs is 1. The second-order valence-electron chi connectivity index (χ2n) is 5.71. The van der Waals surface area contributed by atoms with Crippen LogP contribution in [0.25, 0.3) is 0 Å². The summed E-state index contributed by atoms with van der Waals surface area (Å²) in [5.74, 6) is 0.943. The van der Waals surface area contributed by atoms with Crippen molar-refractivity contribution in [3.8, 4) is 5.75 Å². The Morgan fingerprint density at radius 2 is 2.10 bits per heavy atom.